The van der Waals surface area contributed by atoms with Gasteiger partial charge < -0.3 is 8.85 Å². The van der Waals surface area contributed by atoms with E-state index in [0.29, 0.717) is 5.04 Å². The molecular formula is C13H22O2Si. The topological polar surface area (TPSA) is 18.5 Å². The summed E-state index contributed by atoms with van der Waals surface area (Å²) >= 11 is 0. The molecule has 90 valence electrons. The third kappa shape index (κ3) is 1.09. The van der Waals surface area contributed by atoms with Crippen molar-refractivity contribution in [3.05, 3.63) is 11.6 Å². The van der Waals surface area contributed by atoms with Crippen LogP contribution < -0.4 is 0 Å². The van der Waals surface area contributed by atoms with E-state index in [9.17, 15) is 0 Å². The second-order valence-corrected chi connectivity index (χ2v) is 9.45. The van der Waals surface area contributed by atoms with Gasteiger partial charge >= 0.3 is 8.56 Å². The molecule has 0 amide bonds. The molecule has 0 aromatic carbocycles. The van der Waals surface area contributed by atoms with Gasteiger partial charge in [-0.1, -0.05) is 11.6 Å². The van der Waals surface area contributed by atoms with Crippen LogP contribution in [0.25, 0.3) is 0 Å². The van der Waals surface area contributed by atoms with Gasteiger partial charge in [-0.2, -0.15) is 0 Å². The van der Waals surface area contributed by atoms with Crippen LogP contribution in [0.5, 0.6) is 0 Å². The number of allylic oxidation sites excluding steroid dienone is 2. The molecule has 0 aliphatic heterocycles. The molecule has 0 heterocycles. The van der Waals surface area contributed by atoms with Gasteiger partial charge in [0.2, 0.25) is 0 Å². The molecule has 2 bridgehead atoms. The Morgan fingerprint density at radius 2 is 2.06 bits per heavy atom. The summed E-state index contributed by atoms with van der Waals surface area (Å²) in [4.78, 5) is 0. The number of rotatable bonds is 3. The summed E-state index contributed by atoms with van der Waals surface area (Å²) in [6.07, 6.45) is 9.23. The molecule has 2 saturated carbocycles. The highest BCUT2D eigenvalue weighted by Gasteiger charge is 2.65. The van der Waals surface area contributed by atoms with E-state index in [2.05, 4.69) is 12.6 Å². The molecule has 3 aliphatic rings. The van der Waals surface area contributed by atoms with Crippen LogP contribution in [-0.4, -0.2) is 22.8 Å². The summed E-state index contributed by atoms with van der Waals surface area (Å²) in [5.41, 5.74) is 1.72. The Kier molecular flexibility index (Phi) is 2.36. The van der Waals surface area contributed by atoms with E-state index in [-0.39, 0.29) is 0 Å². The fourth-order valence-corrected chi connectivity index (χ4v) is 7.59. The lowest BCUT2D eigenvalue weighted by Crippen LogP contribution is -2.49. The quantitative estimate of drug-likeness (QED) is 0.555. The first kappa shape index (κ1) is 11.0. The molecule has 0 aromatic heterocycles. The van der Waals surface area contributed by atoms with Crippen LogP contribution in [-0.2, 0) is 8.85 Å². The molecule has 0 N–H and O–H groups in total. The van der Waals surface area contributed by atoms with Gasteiger partial charge in [0.05, 0.1) is 0 Å². The summed E-state index contributed by atoms with van der Waals surface area (Å²) < 4.78 is 11.8. The molecule has 2 nitrogen and oxygen atoms in total. The summed E-state index contributed by atoms with van der Waals surface area (Å²) in [5.74, 6) is 1.82. The normalized spacial score (nSPS) is 41.3. The molecule has 3 unspecified atom stereocenters. The first-order valence-corrected chi connectivity index (χ1v) is 8.79. The monoisotopic (exact) mass is 238 g/mol. The van der Waals surface area contributed by atoms with Crippen molar-refractivity contribution in [1.29, 1.82) is 0 Å². The van der Waals surface area contributed by atoms with Crippen molar-refractivity contribution in [3.8, 4) is 0 Å². The molecule has 3 aliphatic carbocycles. The standard InChI is InChI=1S/C13H22O2Si/c1-14-16(3,15-2)13-8-7-10(9-13)11-5-4-6-12(11)13/h6,10-11H,4-5,7-9H2,1-3H3. The van der Waals surface area contributed by atoms with Crippen molar-refractivity contribution in [2.75, 3.05) is 14.2 Å². The van der Waals surface area contributed by atoms with E-state index < -0.39 is 8.56 Å². The van der Waals surface area contributed by atoms with Crippen LogP contribution in [0.3, 0.4) is 0 Å². The van der Waals surface area contributed by atoms with Gasteiger partial charge in [0.25, 0.3) is 0 Å². The lowest BCUT2D eigenvalue weighted by molar-refractivity contribution is 0.219. The Hall–Kier alpha value is -0.123. The average molecular weight is 238 g/mol. The smallest absolute Gasteiger partial charge is 0.345 e. The maximum atomic E-state index is 5.88. The fraction of sp³-hybridized carbons (Fsp3) is 0.846. The minimum absolute atomic E-state index is 0.322. The van der Waals surface area contributed by atoms with Gasteiger partial charge in [0.15, 0.2) is 0 Å². The van der Waals surface area contributed by atoms with Crippen molar-refractivity contribution in [2.24, 2.45) is 11.8 Å². The van der Waals surface area contributed by atoms with Crippen LogP contribution in [0.2, 0.25) is 11.6 Å². The van der Waals surface area contributed by atoms with Gasteiger partial charge in [-0.3, -0.25) is 0 Å². The Morgan fingerprint density at radius 3 is 2.75 bits per heavy atom. The Labute approximate surface area is 99.3 Å². The predicted molar refractivity (Wildman–Crippen MR) is 66.5 cm³/mol. The summed E-state index contributed by atoms with van der Waals surface area (Å²) in [7, 11) is 1.67. The van der Waals surface area contributed by atoms with Gasteiger partial charge in [-0.25, -0.2) is 0 Å². The average Bonchev–Trinajstić information content (AvgIpc) is 2.98. The second kappa shape index (κ2) is 3.44. The SMILES string of the molecule is CO[Si](C)(OC)C12CCC(C1)C1CCC=C12. The lowest BCUT2D eigenvalue weighted by atomic mass is 9.85. The number of hydrogen-bond acceptors (Lipinski definition) is 2. The molecule has 3 atom stereocenters. The third-order valence-electron chi connectivity index (χ3n) is 5.56. The molecule has 3 rings (SSSR count). The van der Waals surface area contributed by atoms with E-state index in [1.165, 1.54) is 32.1 Å². The Bertz CT molecular complexity index is 335. The lowest BCUT2D eigenvalue weighted by Gasteiger charge is -2.42. The Morgan fingerprint density at radius 1 is 1.31 bits per heavy atom. The van der Waals surface area contributed by atoms with E-state index in [1.807, 2.05) is 14.2 Å². The van der Waals surface area contributed by atoms with Crippen LogP contribution in [0.15, 0.2) is 11.6 Å². The molecule has 3 heteroatoms. The zero-order chi connectivity index (χ0) is 11.4. The first-order chi connectivity index (χ1) is 7.67. The Balaban J connectivity index is 2.04. The minimum Gasteiger partial charge on any atom is -0.397 e. The van der Waals surface area contributed by atoms with Crippen LogP contribution in [0.4, 0.5) is 0 Å². The highest BCUT2D eigenvalue weighted by Crippen LogP contribution is 2.71. The molecule has 0 spiro atoms. The van der Waals surface area contributed by atoms with Crippen molar-refractivity contribution in [1.82, 2.24) is 0 Å². The van der Waals surface area contributed by atoms with E-state index in [4.69, 9.17) is 8.85 Å². The maximum absolute atomic E-state index is 5.88. The summed E-state index contributed by atoms with van der Waals surface area (Å²) in [6, 6.07) is 0. The molecule has 2 fully saturated rings. The molecule has 0 radical (unpaired) electrons. The fourth-order valence-electron chi connectivity index (χ4n) is 4.60. The van der Waals surface area contributed by atoms with Crippen LogP contribution >= 0.6 is 0 Å². The highest BCUT2D eigenvalue weighted by atomic mass is 28.4. The predicted octanol–water partition coefficient (Wildman–Crippen LogP) is 3.24. The second-order valence-electron chi connectivity index (χ2n) is 5.78. The van der Waals surface area contributed by atoms with Crippen molar-refractivity contribution < 1.29 is 8.85 Å². The van der Waals surface area contributed by atoms with Gasteiger partial charge in [-0.15, -0.1) is 0 Å². The van der Waals surface area contributed by atoms with Crippen LogP contribution in [0, 0.1) is 11.8 Å². The van der Waals surface area contributed by atoms with Crippen molar-refractivity contribution in [2.45, 2.75) is 43.7 Å². The van der Waals surface area contributed by atoms with Gasteiger partial charge in [0.1, 0.15) is 0 Å². The zero-order valence-electron chi connectivity index (χ0n) is 10.6. The van der Waals surface area contributed by atoms with Crippen molar-refractivity contribution in [3.63, 3.8) is 0 Å². The zero-order valence-corrected chi connectivity index (χ0v) is 11.6. The number of fused-ring (bicyclic) bond motifs is 5. The van der Waals surface area contributed by atoms with Crippen molar-refractivity contribution >= 4 is 8.56 Å². The third-order valence-corrected chi connectivity index (χ3v) is 9.60. The maximum Gasteiger partial charge on any atom is 0.345 e. The van der Waals surface area contributed by atoms with Crippen LogP contribution in [0.1, 0.15) is 32.1 Å². The van der Waals surface area contributed by atoms with E-state index in [1.54, 1.807) is 5.57 Å². The first-order valence-electron chi connectivity index (χ1n) is 6.48. The molecule has 0 aromatic rings. The molecule has 0 saturated heterocycles. The summed E-state index contributed by atoms with van der Waals surface area (Å²) in [6.45, 7) is 2.26. The molecule has 16 heavy (non-hydrogen) atoms. The largest absolute Gasteiger partial charge is 0.397 e. The van der Waals surface area contributed by atoms with E-state index in [0.717, 1.165) is 11.8 Å². The van der Waals surface area contributed by atoms with E-state index >= 15 is 0 Å². The minimum atomic E-state index is -2.03. The van der Waals surface area contributed by atoms with Gasteiger partial charge in [0, 0.05) is 19.3 Å². The number of hydrogen-bond donors (Lipinski definition) is 0. The highest BCUT2D eigenvalue weighted by molar-refractivity contribution is 6.70. The van der Waals surface area contributed by atoms with Gasteiger partial charge in [-0.05, 0) is 50.5 Å². The molecular weight excluding hydrogens is 216 g/mol. The summed E-state index contributed by atoms with van der Waals surface area (Å²) in [5, 5.41) is 0.322.